The maximum atomic E-state index is 5.78. The van der Waals surface area contributed by atoms with Crippen molar-refractivity contribution in [1.82, 2.24) is 4.98 Å². The summed E-state index contributed by atoms with van der Waals surface area (Å²) in [5.74, 6) is 0.390. The van der Waals surface area contributed by atoms with E-state index in [1.54, 1.807) is 11.3 Å². The van der Waals surface area contributed by atoms with Gasteiger partial charge in [0.15, 0.2) is 0 Å². The smallest absolute Gasteiger partial charge is 0.123 e. The fourth-order valence-electron chi connectivity index (χ4n) is 2.15. The van der Waals surface area contributed by atoms with Crippen molar-refractivity contribution in [2.45, 2.75) is 33.1 Å². The van der Waals surface area contributed by atoms with E-state index in [1.807, 2.05) is 0 Å². The number of nitrogens with zero attached hydrogens (tertiary/aromatic N) is 1. The zero-order valence-corrected chi connectivity index (χ0v) is 12.1. The number of thiazole rings is 1. The van der Waals surface area contributed by atoms with Crippen LogP contribution in [0, 0.1) is 13.8 Å². The highest BCUT2D eigenvalue weighted by molar-refractivity contribution is 7.13. The fraction of sp³-hybridized carbons (Fsp3) is 0.400. The molecule has 0 radical (unpaired) electrons. The molecule has 2 rings (SSSR count). The summed E-state index contributed by atoms with van der Waals surface area (Å²) in [5, 5.41) is 3.25. The molecule has 1 heterocycles. The third-order valence-electron chi connectivity index (χ3n) is 3.33. The molecule has 2 aromatic rings. The fourth-order valence-corrected chi connectivity index (χ4v) is 3.14. The summed E-state index contributed by atoms with van der Waals surface area (Å²) in [6.45, 7) is 7.09. The first kappa shape index (κ1) is 13.2. The molecule has 0 spiro atoms. The summed E-state index contributed by atoms with van der Waals surface area (Å²) in [6.07, 6.45) is 1.05. The first-order valence-corrected chi connectivity index (χ1v) is 7.26. The number of benzene rings is 1. The van der Waals surface area contributed by atoms with Crippen LogP contribution < -0.4 is 5.73 Å². The van der Waals surface area contributed by atoms with Crippen LogP contribution in [0.2, 0.25) is 0 Å². The minimum atomic E-state index is 0.390. The van der Waals surface area contributed by atoms with Crippen LogP contribution in [0.5, 0.6) is 0 Å². The van der Waals surface area contributed by atoms with Gasteiger partial charge in [-0.3, -0.25) is 0 Å². The topological polar surface area (TPSA) is 38.9 Å². The van der Waals surface area contributed by atoms with E-state index in [9.17, 15) is 0 Å². The van der Waals surface area contributed by atoms with Gasteiger partial charge in [-0.15, -0.1) is 11.3 Å². The summed E-state index contributed by atoms with van der Waals surface area (Å²) < 4.78 is 0. The van der Waals surface area contributed by atoms with E-state index >= 15 is 0 Å². The van der Waals surface area contributed by atoms with E-state index in [0.717, 1.165) is 17.1 Å². The van der Waals surface area contributed by atoms with Crippen LogP contribution in [0.15, 0.2) is 23.6 Å². The Hall–Kier alpha value is -1.19. The van der Waals surface area contributed by atoms with E-state index in [-0.39, 0.29) is 0 Å². The van der Waals surface area contributed by atoms with Crippen molar-refractivity contribution >= 4 is 11.3 Å². The van der Waals surface area contributed by atoms with Gasteiger partial charge < -0.3 is 5.73 Å². The molecule has 0 amide bonds. The number of aromatic nitrogens is 1. The lowest BCUT2D eigenvalue weighted by Gasteiger charge is -2.08. The summed E-state index contributed by atoms with van der Waals surface area (Å²) in [4.78, 5) is 4.75. The number of nitrogens with two attached hydrogens (primary N) is 1. The van der Waals surface area contributed by atoms with Crippen molar-refractivity contribution in [2.75, 3.05) is 6.54 Å². The van der Waals surface area contributed by atoms with Gasteiger partial charge in [0.2, 0.25) is 0 Å². The molecule has 1 aromatic heterocycles. The Morgan fingerprint density at radius 2 is 2.11 bits per heavy atom. The molecule has 0 saturated heterocycles. The molecule has 2 nitrogen and oxygen atoms in total. The third-order valence-corrected chi connectivity index (χ3v) is 4.22. The molecule has 0 fully saturated rings. The van der Waals surface area contributed by atoms with Crippen LogP contribution in [-0.2, 0) is 0 Å². The first-order chi connectivity index (χ1) is 8.65. The summed E-state index contributed by atoms with van der Waals surface area (Å²) in [6, 6.07) is 6.51. The molecule has 1 aromatic carbocycles. The Morgan fingerprint density at radius 3 is 2.72 bits per heavy atom. The second-order valence-corrected chi connectivity index (χ2v) is 5.59. The van der Waals surface area contributed by atoms with Crippen molar-refractivity contribution in [2.24, 2.45) is 5.73 Å². The lowest BCUT2D eigenvalue weighted by Crippen LogP contribution is -2.11. The van der Waals surface area contributed by atoms with Crippen LogP contribution in [-0.4, -0.2) is 11.5 Å². The van der Waals surface area contributed by atoms with Gasteiger partial charge in [0.25, 0.3) is 0 Å². The SMILES string of the molecule is CCC(CN)c1csc(-c2ccc(C)cc2C)n1. The second kappa shape index (κ2) is 5.63. The largest absolute Gasteiger partial charge is 0.330 e. The first-order valence-electron chi connectivity index (χ1n) is 6.38. The molecule has 1 atom stereocenters. The van der Waals surface area contributed by atoms with Crippen LogP contribution in [0.1, 0.15) is 36.1 Å². The van der Waals surface area contributed by atoms with Gasteiger partial charge in [0.1, 0.15) is 5.01 Å². The van der Waals surface area contributed by atoms with Crippen LogP contribution in [0.4, 0.5) is 0 Å². The monoisotopic (exact) mass is 260 g/mol. The molecule has 0 aliphatic heterocycles. The average molecular weight is 260 g/mol. The van der Waals surface area contributed by atoms with Crippen LogP contribution >= 0.6 is 11.3 Å². The van der Waals surface area contributed by atoms with Crippen molar-refractivity contribution in [3.8, 4) is 10.6 Å². The molecular weight excluding hydrogens is 240 g/mol. The third kappa shape index (κ3) is 2.62. The minimum Gasteiger partial charge on any atom is -0.330 e. The standard InChI is InChI=1S/C15H20N2S/c1-4-12(8-16)14-9-18-15(17-14)13-6-5-10(2)7-11(13)3/h5-7,9,12H,4,8,16H2,1-3H3. The van der Waals surface area contributed by atoms with Gasteiger partial charge in [-0.05, 0) is 25.8 Å². The van der Waals surface area contributed by atoms with Gasteiger partial charge in [-0.1, -0.05) is 30.7 Å². The zero-order valence-electron chi connectivity index (χ0n) is 11.2. The van der Waals surface area contributed by atoms with Crippen molar-refractivity contribution < 1.29 is 0 Å². The van der Waals surface area contributed by atoms with Gasteiger partial charge in [-0.25, -0.2) is 4.98 Å². The molecule has 1 unspecified atom stereocenters. The number of hydrogen-bond acceptors (Lipinski definition) is 3. The molecule has 3 heteroatoms. The second-order valence-electron chi connectivity index (χ2n) is 4.74. The van der Waals surface area contributed by atoms with E-state index < -0.39 is 0 Å². The average Bonchev–Trinajstić information content (AvgIpc) is 2.80. The number of rotatable bonds is 4. The summed E-state index contributed by atoms with van der Waals surface area (Å²) in [5.41, 5.74) is 10.7. The Morgan fingerprint density at radius 1 is 1.33 bits per heavy atom. The van der Waals surface area contributed by atoms with Gasteiger partial charge in [-0.2, -0.15) is 0 Å². The summed E-state index contributed by atoms with van der Waals surface area (Å²) in [7, 11) is 0. The number of hydrogen-bond donors (Lipinski definition) is 1. The minimum absolute atomic E-state index is 0.390. The Labute approximate surface area is 113 Å². The molecular formula is C15H20N2S. The predicted molar refractivity (Wildman–Crippen MR) is 79.1 cm³/mol. The molecule has 0 saturated carbocycles. The van der Waals surface area contributed by atoms with Crippen molar-refractivity contribution in [1.29, 1.82) is 0 Å². The maximum absolute atomic E-state index is 5.78. The Bertz CT molecular complexity index is 527. The van der Waals surface area contributed by atoms with Crippen molar-refractivity contribution in [3.63, 3.8) is 0 Å². The van der Waals surface area contributed by atoms with Crippen LogP contribution in [0.25, 0.3) is 10.6 Å². The van der Waals surface area contributed by atoms with Crippen molar-refractivity contribution in [3.05, 3.63) is 40.4 Å². The van der Waals surface area contributed by atoms with E-state index in [4.69, 9.17) is 10.7 Å². The van der Waals surface area contributed by atoms with Gasteiger partial charge >= 0.3 is 0 Å². The molecule has 2 N–H and O–H groups in total. The highest BCUT2D eigenvalue weighted by Crippen LogP contribution is 2.30. The molecule has 96 valence electrons. The zero-order chi connectivity index (χ0) is 13.1. The van der Waals surface area contributed by atoms with E-state index in [2.05, 4.69) is 44.4 Å². The predicted octanol–water partition coefficient (Wildman–Crippen LogP) is 3.88. The molecule has 0 aliphatic rings. The lowest BCUT2D eigenvalue weighted by atomic mass is 10.0. The lowest BCUT2D eigenvalue weighted by molar-refractivity contribution is 0.659. The molecule has 0 aliphatic carbocycles. The van der Waals surface area contributed by atoms with E-state index in [0.29, 0.717) is 12.5 Å². The van der Waals surface area contributed by atoms with Gasteiger partial charge in [0, 0.05) is 23.4 Å². The molecule has 0 bridgehead atoms. The normalized spacial score (nSPS) is 12.7. The molecule has 18 heavy (non-hydrogen) atoms. The quantitative estimate of drug-likeness (QED) is 0.906. The highest BCUT2D eigenvalue weighted by atomic mass is 32.1. The number of aryl methyl sites for hydroxylation is 2. The maximum Gasteiger partial charge on any atom is 0.123 e. The van der Waals surface area contributed by atoms with Gasteiger partial charge in [0.05, 0.1) is 5.69 Å². The Kier molecular flexibility index (Phi) is 4.15. The van der Waals surface area contributed by atoms with Crippen LogP contribution in [0.3, 0.4) is 0 Å². The summed E-state index contributed by atoms with van der Waals surface area (Å²) >= 11 is 1.72. The Balaban J connectivity index is 2.34. The van der Waals surface area contributed by atoms with E-state index in [1.165, 1.54) is 16.7 Å². The highest BCUT2D eigenvalue weighted by Gasteiger charge is 2.13.